The van der Waals surface area contributed by atoms with E-state index in [1.54, 1.807) is 40.0 Å². The third-order valence-electron chi connectivity index (χ3n) is 6.43. The van der Waals surface area contributed by atoms with E-state index in [1.807, 2.05) is 29.7 Å². The summed E-state index contributed by atoms with van der Waals surface area (Å²) in [6.07, 6.45) is 5.02. The van der Waals surface area contributed by atoms with Gasteiger partial charge in [-0.2, -0.15) is 0 Å². The van der Waals surface area contributed by atoms with Crippen molar-refractivity contribution in [2.24, 2.45) is 0 Å². The van der Waals surface area contributed by atoms with E-state index in [2.05, 4.69) is 11.7 Å². The maximum atomic E-state index is 12.9. The van der Waals surface area contributed by atoms with Gasteiger partial charge in [-0.1, -0.05) is 0 Å². The summed E-state index contributed by atoms with van der Waals surface area (Å²) in [6, 6.07) is 5.35. The molecule has 2 heterocycles. The highest BCUT2D eigenvalue weighted by Crippen LogP contribution is 2.29. The molecule has 0 saturated carbocycles. The zero-order chi connectivity index (χ0) is 27.2. The first-order valence-corrected chi connectivity index (χ1v) is 13.1. The second-order valence-electron chi connectivity index (χ2n) is 11.4. The first kappa shape index (κ1) is 28.6. The Labute approximate surface area is 220 Å². The molecule has 2 aliphatic rings. The van der Waals surface area contributed by atoms with Crippen molar-refractivity contribution in [3.63, 3.8) is 0 Å². The second kappa shape index (κ2) is 12.0. The Kier molecular flexibility index (Phi) is 9.31. The molecule has 0 spiro atoms. The molecule has 0 atom stereocenters. The number of ether oxygens (including phenoxy) is 3. The fourth-order valence-electron chi connectivity index (χ4n) is 4.57. The topological polar surface area (TPSA) is 97.4 Å². The van der Waals surface area contributed by atoms with Crippen LogP contribution in [0.2, 0.25) is 0 Å². The summed E-state index contributed by atoms with van der Waals surface area (Å²) >= 11 is 0. The Morgan fingerprint density at radius 1 is 0.973 bits per heavy atom. The Morgan fingerprint density at radius 3 is 2.22 bits per heavy atom. The molecule has 0 aliphatic carbocycles. The van der Waals surface area contributed by atoms with Gasteiger partial charge in [-0.15, -0.1) is 0 Å². The summed E-state index contributed by atoms with van der Waals surface area (Å²) in [4.78, 5) is 41.6. The number of rotatable bonds is 7. The SMILES string of the molecule is COc1cc(OC2CCN(C(=O)CC(C)(C)NC(=O)OC(C)(C)C)CC2)ccc1C(=O)N1CC[CH]CC1. The van der Waals surface area contributed by atoms with Gasteiger partial charge in [-0.05, 0) is 66.0 Å². The van der Waals surface area contributed by atoms with Crippen molar-refractivity contribution in [3.05, 3.63) is 30.2 Å². The van der Waals surface area contributed by atoms with Gasteiger partial charge in [0.1, 0.15) is 23.2 Å². The van der Waals surface area contributed by atoms with E-state index in [1.165, 1.54) is 0 Å². The highest BCUT2D eigenvalue weighted by molar-refractivity contribution is 5.97. The average molecular weight is 517 g/mol. The van der Waals surface area contributed by atoms with Crippen LogP contribution in [0.5, 0.6) is 11.5 Å². The minimum absolute atomic E-state index is 0.0145. The summed E-state index contributed by atoms with van der Waals surface area (Å²) in [6.45, 7) is 11.6. The molecule has 2 saturated heterocycles. The zero-order valence-electron chi connectivity index (χ0n) is 23.1. The van der Waals surface area contributed by atoms with Crippen molar-refractivity contribution in [1.29, 1.82) is 0 Å². The summed E-state index contributed by atoms with van der Waals surface area (Å²) in [5, 5.41) is 2.79. The maximum Gasteiger partial charge on any atom is 0.408 e. The molecule has 1 N–H and O–H groups in total. The maximum absolute atomic E-state index is 12.9. The monoisotopic (exact) mass is 516 g/mol. The van der Waals surface area contributed by atoms with Gasteiger partial charge in [0.25, 0.3) is 5.91 Å². The van der Waals surface area contributed by atoms with Crippen LogP contribution in [0.4, 0.5) is 4.79 Å². The van der Waals surface area contributed by atoms with Gasteiger partial charge in [0.05, 0.1) is 12.7 Å². The van der Waals surface area contributed by atoms with Crippen LogP contribution in [-0.2, 0) is 9.53 Å². The number of carbonyl (C=O) groups is 3. The number of methoxy groups -OCH3 is 1. The molecule has 1 aromatic carbocycles. The lowest BCUT2D eigenvalue weighted by atomic mass is 9.98. The lowest BCUT2D eigenvalue weighted by molar-refractivity contribution is -0.134. The van der Waals surface area contributed by atoms with Crippen molar-refractivity contribution in [3.8, 4) is 11.5 Å². The number of benzene rings is 1. The molecular weight excluding hydrogens is 474 g/mol. The average Bonchev–Trinajstić information content (AvgIpc) is 2.82. The number of hydrogen-bond acceptors (Lipinski definition) is 6. The molecule has 1 radical (unpaired) electrons. The third kappa shape index (κ3) is 8.54. The largest absolute Gasteiger partial charge is 0.496 e. The first-order valence-electron chi connectivity index (χ1n) is 13.1. The van der Waals surface area contributed by atoms with E-state index < -0.39 is 17.2 Å². The lowest BCUT2D eigenvalue weighted by Crippen LogP contribution is -2.50. The fraction of sp³-hybridized carbons (Fsp3) is 0.643. The van der Waals surface area contributed by atoms with Crippen LogP contribution in [0.15, 0.2) is 18.2 Å². The molecule has 205 valence electrons. The van der Waals surface area contributed by atoms with Crippen LogP contribution in [-0.4, -0.2) is 78.2 Å². The smallest absolute Gasteiger partial charge is 0.408 e. The standard InChI is InChI=1S/C28H42N3O6/c1-27(2,3)37-26(34)29-28(4,5)19-24(32)30-16-12-20(13-17-30)36-21-10-11-22(23(18-21)35-6)25(33)31-14-8-7-9-15-31/h7,10-11,18,20H,8-9,12-17,19H2,1-6H3,(H,29,34). The van der Waals surface area contributed by atoms with Gasteiger partial charge >= 0.3 is 6.09 Å². The molecule has 0 aromatic heterocycles. The predicted molar refractivity (Wildman–Crippen MR) is 141 cm³/mol. The van der Waals surface area contributed by atoms with E-state index in [0.717, 1.165) is 25.9 Å². The van der Waals surface area contributed by atoms with E-state index in [0.29, 0.717) is 43.0 Å². The van der Waals surface area contributed by atoms with Gasteiger partial charge in [0.2, 0.25) is 5.91 Å². The fourth-order valence-corrected chi connectivity index (χ4v) is 4.57. The minimum atomic E-state index is -0.727. The van der Waals surface area contributed by atoms with E-state index >= 15 is 0 Å². The second-order valence-corrected chi connectivity index (χ2v) is 11.4. The molecule has 3 amide bonds. The Balaban J connectivity index is 1.50. The number of piperidine rings is 2. The van der Waals surface area contributed by atoms with Crippen LogP contribution in [0, 0.1) is 6.42 Å². The number of nitrogens with zero attached hydrogens (tertiary/aromatic N) is 2. The highest BCUT2D eigenvalue weighted by Gasteiger charge is 2.31. The predicted octanol–water partition coefficient (Wildman–Crippen LogP) is 4.20. The van der Waals surface area contributed by atoms with Crippen molar-refractivity contribution in [2.45, 2.75) is 84.0 Å². The van der Waals surface area contributed by atoms with Gasteiger partial charge in [0, 0.05) is 57.0 Å². The number of hydrogen-bond donors (Lipinski definition) is 1. The molecule has 2 aliphatic heterocycles. The van der Waals surface area contributed by atoms with Crippen LogP contribution in [0.3, 0.4) is 0 Å². The van der Waals surface area contributed by atoms with Crippen LogP contribution in [0.1, 0.15) is 77.1 Å². The molecule has 9 heteroatoms. The highest BCUT2D eigenvalue weighted by atomic mass is 16.6. The van der Waals surface area contributed by atoms with Crippen LogP contribution in [0.25, 0.3) is 0 Å². The summed E-state index contributed by atoms with van der Waals surface area (Å²) in [5.74, 6) is 1.11. The Hall–Kier alpha value is -2.97. The molecule has 1 aromatic rings. The van der Waals surface area contributed by atoms with Crippen LogP contribution < -0.4 is 14.8 Å². The van der Waals surface area contributed by atoms with Gasteiger partial charge in [-0.25, -0.2) is 4.79 Å². The molecule has 2 fully saturated rings. The number of amides is 3. The molecule has 3 rings (SSSR count). The number of likely N-dealkylation sites (tertiary alicyclic amines) is 2. The van der Waals surface area contributed by atoms with Crippen molar-refractivity contribution in [2.75, 3.05) is 33.3 Å². The van der Waals surface area contributed by atoms with Crippen molar-refractivity contribution in [1.82, 2.24) is 15.1 Å². The van der Waals surface area contributed by atoms with E-state index in [9.17, 15) is 14.4 Å². The summed E-state index contributed by atoms with van der Waals surface area (Å²) < 4.78 is 17.0. The van der Waals surface area contributed by atoms with Gasteiger partial charge < -0.3 is 29.3 Å². The molecule has 37 heavy (non-hydrogen) atoms. The van der Waals surface area contributed by atoms with Crippen LogP contribution >= 0.6 is 0 Å². The molecular formula is C28H42N3O6. The lowest BCUT2D eigenvalue weighted by Gasteiger charge is -2.35. The molecule has 9 nitrogen and oxygen atoms in total. The Morgan fingerprint density at radius 2 is 1.62 bits per heavy atom. The number of nitrogens with one attached hydrogen (secondary N) is 1. The normalized spacial score (nSPS) is 17.2. The van der Waals surface area contributed by atoms with Crippen molar-refractivity contribution < 1.29 is 28.6 Å². The van der Waals surface area contributed by atoms with Gasteiger partial charge in [0.15, 0.2) is 0 Å². The number of alkyl carbamates (subject to hydrolysis) is 1. The quantitative estimate of drug-likeness (QED) is 0.584. The number of carbonyl (C=O) groups excluding carboxylic acids is 3. The third-order valence-corrected chi connectivity index (χ3v) is 6.43. The minimum Gasteiger partial charge on any atom is -0.496 e. The molecule has 0 unspecified atom stereocenters. The first-order chi connectivity index (χ1) is 17.4. The van der Waals surface area contributed by atoms with Crippen molar-refractivity contribution >= 4 is 17.9 Å². The summed E-state index contributed by atoms with van der Waals surface area (Å²) in [5.41, 5.74) is -0.785. The van der Waals surface area contributed by atoms with E-state index in [4.69, 9.17) is 14.2 Å². The zero-order valence-corrected chi connectivity index (χ0v) is 23.1. The summed E-state index contributed by atoms with van der Waals surface area (Å²) in [7, 11) is 1.56. The Bertz CT molecular complexity index is 957. The molecule has 0 bridgehead atoms. The van der Waals surface area contributed by atoms with Gasteiger partial charge in [-0.3, -0.25) is 9.59 Å². The van der Waals surface area contributed by atoms with E-state index in [-0.39, 0.29) is 24.3 Å².